The minimum atomic E-state index is 0.976. The van der Waals surface area contributed by atoms with Crippen LogP contribution in [0, 0.1) is 0 Å². The van der Waals surface area contributed by atoms with E-state index in [1.54, 1.807) is 0 Å². The second-order valence-corrected chi connectivity index (χ2v) is 4.18. The third-order valence-corrected chi connectivity index (χ3v) is 2.89. The van der Waals surface area contributed by atoms with E-state index in [9.17, 15) is 0 Å². The van der Waals surface area contributed by atoms with Crippen LogP contribution in [-0.2, 0) is 0 Å². The van der Waals surface area contributed by atoms with Gasteiger partial charge in [-0.15, -0.1) is 0 Å². The maximum absolute atomic E-state index is 3.87. The lowest BCUT2D eigenvalue weighted by Gasteiger charge is -2.30. The van der Waals surface area contributed by atoms with Crippen molar-refractivity contribution < 1.29 is 0 Å². The van der Waals surface area contributed by atoms with Gasteiger partial charge < -0.3 is 0 Å². The van der Waals surface area contributed by atoms with Crippen LogP contribution >= 0.6 is 0 Å². The van der Waals surface area contributed by atoms with Gasteiger partial charge in [-0.2, -0.15) is 0 Å². The van der Waals surface area contributed by atoms with Crippen molar-refractivity contribution in [3.8, 4) is 0 Å². The van der Waals surface area contributed by atoms with Gasteiger partial charge in [-0.3, -0.25) is 4.90 Å². The minimum absolute atomic E-state index is 0.976. The highest BCUT2D eigenvalue weighted by atomic mass is 15.1. The van der Waals surface area contributed by atoms with E-state index in [4.69, 9.17) is 0 Å². The molecule has 0 atom stereocenters. The predicted octanol–water partition coefficient (Wildman–Crippen LogP) is 3.49. The number of rotatable bonds is 2. The summed E-state index contributed by atoms with van der Waals surface area (Å²) in [7, 11) is 2.14. The number of likely N-dealkylation sites (N-methyl/N-ethyl adjacent to an activating group) is 1. The van der Waals surface area contributed by atoms with E-state index in [2.05, 4.69) is 51.1 Å². The Morgan fingerprint density at radius 2 is 1.88 bits per heavy atom. The van der Waals surface area contributed by atoms with Gasteiger partial charge in [0.05, 0.1) is 0 Å². The normalized spacial score (nSPS) is 25.9. The molecule has 0 aromatic carbocycles. The summed E-state index contributed by atoms with van der Waals surface area (Å²) in [5, 5.41) is 0. The van der Waals surface area contributed by atoms with Gasteiger partial charge in [0.2, 0.25) is 0 Å². The largest absolute Gasteiger partial charge is 0.298 e. The van der Waals surface area contributed by atoms with Gasteiger partial charge in [-0.25, -0.2) is 0 Å². The van der Waals surface area contributed by atoms with Crippen LogP contribution in [0.1, 0.15) is 13.8 Å². The van der Waals surface area contributed by atoms with E-state index in [1.165, 1.54) is 22.3 Å². The summed E-state index contributed by atoms with van der Waals surface area (Å²) in [5.74, 6) is 0. The van der Waals surface area contributed by atoms with Gasteiger partial charge in [0.25, 0.3) is 0 Å². The van der Waals surface area contributed by atoms with Gasteiger partial charge in [0.1, 0.15) is 0 Å². The number of piperidine rings is 1. The summed E-state index contributed by atoms with van der Waals surface area (Å²) in [6.45, 7) is 13.8. The van der Waals surface area contributed by atoms with Crippen LogP contribution in [0.5, 0.6) is 0 Å². The van der Waals surface area contributed by atoms with Crippen molar-refractivity contribution in [2.45, 2.75) is 13.8 Å². The second kappa shape index (κ2) is 5.66. The molecule has 0 aromatic heterocycles. The lowest BCUT2D eigenvalue weighted by Crippen LogP contribution is -2.30. The number of hydrogen-bond acceptors (Lipinski definition) is 1. The lowest BCUT2D eigenvalue weighted by atomic mass is 9.89. The Morgan fingerprint density at radius 3 is 2.38 bits per heavy atom. The molecule has 1 heterocycles. The number of likely N-dealkylation sites (tertiary alicyclic amines) is 1. The van der Waals surface area contributed by atoms with Gasteiger partial charge in [0.15, 0.2) is 0 Å². The van der Waals surface area contributed by atoms with Crippen molar-refractivity contribution in [1.29, 1.82) is 0 Å². The molecular weight excluding hydrogens is 194 g/mol. The summed E-state index contributed by atoms with van der Waals surface area (Å²) >= 11 is 0. The monoisotopic (exact) mass is 215 g/mol. The van der Waals surface area contributed by atoms with Crippen LogP contribution < -0.4 is 0 Å². The van der Waals surface area contributed by atoms with E-state index in [-0.39, 0.29) is 0 Å². The molecule has 1 aliphatic heterocycles. The zero-order chi connectivity index (χ0) is 12.1. The van der Waals surface area contributed by atoms with E-state index in [0.717, 1.165) is 13.1 Å². The highest BCUT2D eigenvalue weighted by Crippen LogP contribution is 2.29. The Balaban J connectivity index is 3.30. The minimum Gasteiger partial charge on any atom is -0.298 e. The molecule has 0 saturated carbocycles. The fraction of sp³-hybridized carbons (Fsp3) is 0.333. The maximum atomic E-state index is 3.87. The van der Waals surface area contributed by atoms with Crippen molar-refractivity contribution in [1.82, 2.24) is 4.90 Å². The molecule has 0 aromatic rings. The summed E-state index contributed by atoms with van der Waals surface area (Å²) in [6, 6.07) is 0. The first-order valence-electron chi connectivity index (χ1n) is 5.63. The van der Waals surface area contributed by atoms with Gasteiger partial charge in [-0.05, 0) is 43.2 Å². The molecule has 1 saturated heterocycles. The van der Waals surface area contributed by atoms with Crippen LogP contribution in [0.4, 0.5) is 0 Å². The molecule has 0 N–H and O–H groups in total. The van der Waals surface area contributed by atoms with E-state index in [1.807, 2.05) is 12.2 Å². The molecule has 0 unspecified atom stereocenters. The predicted molar refractivity (Wildman–Crippen MR) is 72.4 cm³/mol. The smallest absolute Gasteiger partial charge is 0.0240 e. The number of nitrogens with zero attached hydrogens (tertiary/aromatic N) is 1. The quantitative estimate of drug-likeness (QED) is 0.681. The molecule has 16 heavy (non-hydrogen) atoms. The number of allylic oxidation sites excluding steroid dienone is 5. The summed E-state index contributed by atoms with van der Waals surface area (Å²) in [5.41, 5.74) is 5.29. The molecule has 1 fully saturated rings. The third kappa shape index (κ3) is 2.61. The fourth-order valence-corrected chi connectivity index (χ4v) is 2.12. The second-order valence-electron chi connectivity index (χ2n) is 4.18. The van der Waals surface area contributed by atoms with Crippen LogP contribution in [0.2, 0.25) is 0 Å². The Kier molecular flexibility index (Phi) is 4.51. The van der Waals surface area contributed by atoms with Crippen LogP contribution in [-0.4, -0.2) is 25.0 Å². The maximum Gasteiger partial charge on any atom is 0.0240 e. The number of hydrogen-bond donors (Lipinski definition) is 0. The van der Waals surface area contributed by atoms with Crippen molar-refractivity contribution in [2.75, 3.05) is 20.1 Å². The van der Waals surface area contributed by atoms with Gasteiger partial charge >= 0.3 is 0 Å². The molecule has 1 heteroatoms. The average molecular weight is 215 g/mol. The standard InChI is InChI=1S/C15H21N/c1-6-9-14-11-16(5)10-13(8-3)15(14)12(4)7-2/h6-9H,1-2,10-11H2,3-5H3/b13-8-,14-9-,15-12+. The molecule has 1 rings (SSSR count). The SMILES string of the molecule is C=C/C=C1/CN(C)CC(=C/C)/C1=C(/C)C=C. The molecule has 0 radical (unpaired) electrons. The fourth-order valence-electron chi connectivity index (χ4n) is 2.12. The molecule has 86 valence electrons. The molecular formula is C15H21N. The molecule has 1 aliphatic rings. The first-order chi connectivity index (χ1) is 7.63. The van der Waals surface area contributed by atoms with E-state index in [0.29, 0.717) is 0 Å². The Bertz CT molecular complexity index is 380. The highest BCUT2D eigenvalue weighted by molar-refractivity contribution is 5.55. The lowest BCUT2D eigenvalue weighted by molar-refractivity contribution is 0.382. The van der Waals surface area contributed by atoms with Gasteiger partial charge in [0, 0.05) is 13.1 Å². The van der Waals surface area contributed by atoms with Crippen LogP contribution in [0.15, 0.2) is 59.8 Å². The average Bonchev–Trinajstić information content (AvgIpc) is 2.27. The van der Waals surface area contributed by atoms with Gasteiger partial charge in [-0.1, -0.05) is 37.5 Å². The molecule has 1 nitrogen and oxygen atoms in total. The molecule has 0 aliphatic carbocycles. The zero-order valence-electron chi connectivity index (χ0n) is 10.6. The first kappa shape index (κ1) is 12.7. The highest BCUT2D eigenvalue weighted by Gasteiger charge is 2.20. The molecule has 0 bridgehead atoms. The van der Waals surface area contributed by atoms with E-state index < -0.39 is 0 Å². The van der Waals surface area contributed by atoms with Crippen molar-refractivity contribution in [3.63, 3.8) is 0 Å². The van der Waals surface area contributed by atoms with Crippen LogP contribution in [0.25, 0.3) is 0 Å². The zero-order valence-corrected chi connectivity index (χ0v) is 10.6. The molecule has 0 amide bonds. The van der Waals surface area contributed by atoms with Crippen molar-refractivity contribution >= 4 is 0 Å². The Morgan fingerprint density at radius 1 is 1.25 bits per heavy atom. The van der Waals surface area contributed by atoms with E-state index >= 15 is 0 Å². The Labute approximate surface area is 99.2 Å². The summed E-state index contributed by atoms with van der Waals surface area (Å²) in [6.07, 6.45) is 8.08. The van der Waals surface area contributed by atoms with Crippen molar-refractivity contribution in [3.05, 3.63) is 59.8 Å². The third-order valence-electron chi connectivity index (χ3n) is 2.89. The molecule has 0 spiro atoms. The topological polar surface area (TPSA) is 3.24 Å². The van der Waals surface area contributed by atoms with Crippen molar-refractivity contribution in [2.24, 2.45) is 0 Å². The first-order valence-corrected chi connectivity index (χ1v) is 5.63. The summed E-state index contributed by atoms with van der Waals surface area (Å²) in [4.78, 5) is 2.31. The van der Waals surface area contributed by atoms with Crippen LogP contribution in [0.3, 0.4) is 0 Å². The Hall–Kier alpha value is -1.34. The summed E-state index contributed by atoms with van der Waals surface area (Å²) < 4.78 is 0.